The molecule has 25 heavy (non-hydrogen) atoms. The normalized spacial score (nSPS) is 11.3. The molecule has 0 aliphatic rings. The number of hydrogen-bond donors (Lipinski definition) is 2. The minimum Gasteiger partial charge on any atom is -0.481 e. The van der Waals surface area contributed by atoms with Crippen molar-refractivity contribution >= 4 is 11.9 Å². The van der Waals surface area contributed by atoms with Gasteiger partial charge in [0, 0.05) is 0 Å². The summed E-state index contributed by atoms with van der Waals surface area (Å²) in [7, 11) is 0. The molecule has 0 aliphatic heterocycles. The summed E-state index contributed by atoms with van der Waals surface area (Å²) in [6.45, 7) is 3.36. The molecule has 4 nitrogen and oxygen atoms in total. The van der Waals surface area contributed by atoms with Gasteiger partial charge in [-0.25, -0.2) is 0 Å². The molecular weight excluding hydrogens is 316 g/mol. The van der Waals surface area contributed by atoms with Crippen LogP contribution in [0.3, 0.4) is 0 Å². The van der Waals surface area contributed by atoms with Crippen molar-refractivity contribution in [1.29, 1.82) is 0 Å². The number of benzene rings is 1. The standard InChI is InChI=1S/C14H18O4.7CH4/c1-9(11-6-4-3-5-7-11)8-12(14(17)18)10(2)13(15)16;;;;;;;/h3-7,9-10,12H,8H2,1-2H3,(H,15,16)(H,17,18);7*1H4. The van der Waals surface area contributed by atoms with Gasteiger partial charge in [-0.05, 0) is 17.9 Å². The van der Waals surface area contributed by atoms with E-state index in [1.807, 2.05) is 37.3 Å². The quantitative estimate of drug-likeness (QED) is 0.568. The molecule has 3 atom stereocenters. The molecule has 0 saturated carbocycles. The Morgan fingerprint density at radius 1 is 0.800 bits per heavy atom. The monoisotopic (exact) mass is 362 g/mol. The Balaban J connectivity index is -0.0000000926. The molecule has 0 saturated heterocycles. The molecule has 0 spiro atoms. The largest absolute Gasteiger partial charge is 0.481 e. The summed E-state index contributed by atoms with van der Waals surface area (Å²) in [5, 5.41) is 18.0. The van der Waals surface area contributed by atoms with Crippen LogP contribution in [0.15, 0.2) is 30.3 Å². The first-order chi connectivity index (χ1) is 8.43. The van der Waals surface area contributed by atoms with E-state index in [4.69, 9.17) is 10.2 Å². The molecular formula is C21H46O4. The van der Waals surface area contributed by atoms with Gasteiger partial charge in [-0.2, -0.15) is 0 Å². The maximum absolute atomic E-state index is 11.1. The number of carboxylic acids is 2. The van der Waals surface area contributed by atoms with Crippen LogP contribution in [0.25, 0.3) is 0 Å². The van der Waals surface area contributed by atoms with Gasteiger partial charge in [-0.15, -0.1) is 0 Å². The van der Waals surface area contributed by atoms with E-state index in [0.29, 0.717) is 6.42 Å². The van der Waals surface area contributed by atoms with Crippen molar-refractivity contribution in [1.82, 2.24) is 0 Å². The van der Waals surface area contributed by atoms with Crippen LogP contribution in [0.5, 0.6) is 0 Å². The Morgan fingerprint density at radius 2 is 1.20 bits per heavy atom. The van der Waals surface area contributed by atoms with Gasteiger partial charge < -0.3 is 10.2 Å². The van der Waals surface area contributed by atoms with Crippen LogP contribution in [0.2, 0.25) is 0 Å². The summed E-state index contributed by atoms with van der Waals surface area (Å²) >= 11 is 0. The first-order valence-electron chi connectivity index (χ1n) is 5.94. The van der Waals surface area contributed by atoms with Gasteiger partial charge in [-0.1, -0.05) is 96.2 Å². The number of hydrogen-bond acceptors (Lipinski definition) is 2. The zero-order valence-corrected chi connectivity index (χ0v) is 10.5. The van der Waals surface area contributed by atoms with Crippen molar-refractivity contribution < 1.29 is 19.8 Å². The minimum atomic E-state index is -1.07. The van der Waals surface area contributed by atoms with Crippen molar-refractivity contribution in [3.05, 3.63) is 35.9 Å². The molecule has 0 heterocycles. The van der Waals surface area contributed by atoms with Gasteiger partial charge in [0.15, 0.2) is 0 Å². The van der Waals surface area contributed by atoms with Gasteiger partial charge in [-0.3, -0.25) is 9.59 Å². The van der Waals surface area contributed by atoms with Gasteiger partial charge in [0.2, 0.25) is 0 Å². The lowest BCUT2D eigenvalue weighted by molar-refractivity contribution is -0.153. The van der Waals surface area contributed by atoms with Crippen LogP contribution >= 0.6 is 0 Å². The topological polar surface area (TPSA) is 74.6 Å². The predicted octanol–water partition coefficient (Wildman–Crippen LogP) is 7.05. The molecule has 1 aromatic carbocycles. The SMILES string of the molecule is C.C.C.C.C.C.C.CC(CC(C(=O)O)C(C)C(=O)O)c1ccccc1. The fourth-order valence-electron chi connectivity index (χ4n) is 1.99. The average molecular weight is 363 g/mol. The Morgan fingerprint density at radius 3 is 1.52 bits per heavy atom. The van der Waals surface area contributed by atoms with Crippen molar-refractivity contribution in [2.75, 3.05) is 0 Å². The molecule has 154 valence electrons. The highest BCUT2D eigenvalue weighted by molar-refractivity contribution is 5.79. The smallest absolute Gasteiger partial charge is 0.307 e. The highest BCUT2D eigenvalue weighted by Crippen LogP contribution is 2.27. The number of carbonyl (C=O) groups is 2. The third-order valence-corrected chi connectivity index (χ3v) is 3.29. The highest BCUT2D eigenvalue weighted by atomic mass is 16.4. The zero-order valence-electron chi connectivity index (χ0n) is 10.5. The van der Waals surface area contributed by atoms with E-state index in [2.05, 4.69) is 0 Å². The lowest BCUT2D eigenvalue weighted by Crippen LogP contribution is -2.28. The fourth-order valence-corrected chi connectivity index (χ4v) is 1.99. The second-order valence-electron chi connectivity index (χ2n) is 4.62. The molecule has 0 aliphatic carbocycles. The third-order valence-electron chi connectivity index (χ3n) is 3.29. The predicted molar refractivity (Wildman–Crippen MR) is 115 cm³/mol. The Labute approximate surface area is 158 Å². The molecule has 4 heteroatoms. The van der Waals surface area contributed by atoms with E-state index in [-0.39, 0.29) is 57.9 Å². The summed E-state index contributed by atoms with van der Waals surface area (Å²) in [5.74, 6) is -3.84. The first-order valence-corrected chi connectivity index (χ1v) is 5.94. The summed E-state index contributed by atoms with van der Waals surface area (Å²) in [5.41, 5.74) is 1.03. The summed E-state index contributed by atoms with van der Waals surface area (Å²) in [6.07, 6.45) is 0.326. The molecule has 0 amide bonds. The van der Waals surface area contributed by atoms with E-state index >= 15 is 0 Å². The van der Waals surface area contributed by atoms with E-state index in [0.717, 1.165) is 5.56 Å². The Bertz CT molecular complexity index is 415. The van der Waals surface area contributed by atoms with Crippen molar-refractivity contribution in [3.8, 4) is 0 Å². The van der Waals surface area contributed by atoms with Crippen molar-refractivity contribution in [3.63, 3.8) is 0 Å². The lowest BCUT2D eigenvalue weighted by atomic mass is 9.83. The summed E-state index contributed by atoms with van der Waals surface area (Å²) in [6, 6.07) is 9.53. The minimum absolute atomic E-state index is 0. The summed E-state index contributed by atoms with van der Waals surface area (Å²) < 4.78 is 0. The van der Waals surface area contributed by atoms with Gasteiger partial charge in [0.05, 0.1) is 11.8 Å². The Kier molecular flexibility index (Phi) is 35.2. The molecule has 3 unspecified atom stereocenters. The molecule has 1 rings (SSSR count). The fraction of sp³-hybridized carbons (Fsp3) is 0.619. The van der Waals surface area contributed by atoms with E-state index < -0.39 is 23.8 Å². The number of carboxylic acid groups (broad SMARTS) is 2. The van der Waals surface area contributed by atoms with Crippen LogP contribution in [0.4, 0.5) is 0 Å². The summed E-state index contributed by atoms with van der Waals surface area (Å²) in [4.78, 5) is 22.0. The van der Waals surface area contributed by atoms with Gasteiger partial charge in [0.1, 0.15) is 0 Å². The van der Waals surface area contributed by atoms with E-state index in [1.165, 1.54) is 6.92 Å². The molecule has 2 N–H and O–H groups in total. The second-order valence-corrected chi connectivity index (χ2v) is 4.62. The van der Waals surface area contributed by atoms with Crippen LogP contribution < -0.4 is 0 Å². The molecule has 0 bridgehead atoms. The Hall–Kier alpha value is -1.84. The number of aliphatic carboxylic acids is 2. The molecule has 0 radical (unpaired) electrons. The third kappa shape index (κ3) is 13.2. The van der Waals surface area contributed by atoms with Crippen LogP contribution in [-0.4, -0.2) is 22.2 Å². The van der Waals surface area contributed by atoms with Crippen molar-refractivity contribution in [2.24, 2.45) is 11.8 Å². The van der Waals surface area contributed by atoms with Crippen LogP contribution in [0, 0.1) is 11.8 Å². The van der Waals surface area contributed by atoms with Gasteiger partial charge >= 0.3 is 11.9 Å². The van der Waals surface area contributed by atoms with Gasteiger partial charge in [0.25, 0.3) is 0 Å². The molecule has 1 aromatic rings. The molecule has 0 aromatic heterocycles. The van der Waals surface area contributed by atoms with E-state index in [9.17, 15) is 9.59 Å². The maximum atomic E-state index is 11.1. The molecule has 0 fully saturated rings. The van der Waals surface area contributed by atoms with Crippen LogP contribution in [-0.2, 0) is 9.59 Å². The van der Waals surface area contributed by atoms with Crippen LogP contribution in [0.1, 0.15) is 83.7 Å². The highest BCUT2D eigenvalue weighted by Gasteiger charge is 2.31. The average Bonchev–Trinajstić information content (AvgIpc) is 2.35. The lowest BCUT2D eigenvalue weighted by Gasteiger charge is -2.20. The maximum Gasteiger partial charge on any atom is 0.307 e. The number of rotatable bonds is 6. The second kappa shape index (κ2) is 20.2. The zero-order chi connectivity index (χ0) is 13.7. The van der Waals surface area contributed by atoms with Crippen molar-refractivity contribution in [2.45, 2.75) is 78.2 Å². The van der Waals surface area contributed by atoms with E-state index in [1.54, 1.807) is 0 Å². The first kappa shape index (κ1) is 43.6.